The molecule has 0 atom stereocenters. The maximum Gasteiger partial charge on any atom is 0.276 e. The van der Waals surface area contributed by atoms with Crippen LogP contribution in [0.15, 0.2) is 47.3 Å². The van der Waals surface area contributed by atoms with E-state index in [9.17, 15) is 4.79 Å². The van der Waals surface area contributed by atoms with Crippen LogP contribution in [0.3, 0.4) is 0 Å². The van der Waals surface area contributed by atoms with E-state index in [1.807, 2.05) is 36.5 Å². The number of carbonyl (C=O) groups excluding carboxylic acids is 1. The van der Waals surface area contributed by atoms with Crippen LogP contribution in [0.1, 0.15) is 37.7 Å². The summed E-state index contributed by atoms with van der Waals surface area (Å²) >= 11 is 0. The van der Waals surface area contributed by atoms with Gasteiger partial charge in [-0.2, -0.15) is 0 Å². The fourth-order valence-electron chi connectivity index (χ4n) is 3.33. The first-order chi connectivity index (χ1) is 11.8. The summed E-state index contributed by atoms with van der Waals surface area (Å²) in [5.41, 5.74) is 1.41. The lowest BCUT2D eigenvalue weighted by atomic mass is 9.96. The number of nitrogens with one attached hydrogen (secondary N) is 2. The van der Waals surface area contributed by atoms with Gasteiger partial charge in [-0.1, -0.05) is 31.4 Å². The Morgan fingerprint density at radius 3 is 2.88 bits per heavy atom. The van der Waals surface area contributed by atoms with E-state index in [1.54, 1.807) is 6.20 Å². The first-order valence-corrected chi connectivity index (χ1v) is 8.50. The average Bonchev–Trinajstić information content (AvgIpc) is 2.95. The lowest BCUT2D eigenvalue weighted by molar-refractivity contribution is -0.115. The SMILES string of the molecule is O=C1NC(NC2CCCCC2)=N/C1=C\c1ccc2cnccc2c1. The fourth-order valence-corrected chi connectivity index (χ4v) is 3.33. The quantitative estimate of drug-likeness (QED) is 0.836. The number of guanidine groups is 1. The van der Waals surface area contributed by atoms with Crippen molar-refractivity contribution in [2.75, 3.05) is 0 Å². The topological polar surface area (TPSA) is 66.4 Å². The molecular formula is C19H20N4O. The molecule has 0 bridgehead atoms. The first-order valence-electron chi connectivity index (χ1n) is 8.50. The van der Waals surface area contributed by atoms with Gasteiger partial charge in [0.2, 0.25) is 5.96 Å². The summed E-state index contributed by atoms with van der Waals surface area (Å²) in [4.78, 5) is 20.7. The summed E-state index contributed by atoms with van der Waals surface area (Å²) in [6.07, 6.45) is 11.5. The Balaban J connectivity index is 1.55. The van der Waals surface area contributed by atoms with Gasteiger partial charge in [0.25, 0.3) is 5.91 Å². The van der Waals surface area contributed by atoms with Crippen molar-refractivity contribution in [2.45, 2.75) is 38.1 Å². The molecule has 1 aromatic heterocycles. The number of aliphatic imine (C=N–C) groups is 1. The van der Waals surface area contributed by atoms with Crippen molar-refractivity contribution >= 4 is 28.7 Å². The highest BCUT2D eigenvalue weighted by Gasteiger charge is 2.23. The number of benzene rings is 1. The number of aromatic nitrogens is 1. The number of pyridine rings is 1. The van der Waals surface area contributed by atoms with Crippen LogP contribution in [0.5, 0.6) is 0 Å². The third-order valence-electron chi connectivity index (χ3n) is 4.61. The molecule has 1 aliphatic heterocycles. The van der Waals surface area contributed by atoms with Crippen LogP contribution in [0.25, 0.3) is 16.8 Å². The predicted molar refractivity (Wildman–Crippen MR) is 95.3 cm³/mol. The molecule has 0 radical (unpaired) electrons. The number of fused-ring (bicyclic) bond motifs is 1. The molecule has 0 saturated heterocycles. The molecule has 1 amide bonds. The van der Waals surface area contributed by atoms with Crippen molar-refractivity contribution in [1.82, 2.24) is 15.6 Å². The minimum atomic E-state index is -0.150. The van der Waals surface area contributed by atoms with E-state index in [2.05, 4.69) is 20.6 Å². The standard InChI is InChI=1S/C19H20N4O/c24-18-17(22-19(23-18)21-16-4-2-1-3-5-16)11-13-6-7-15-12-20-9-8-14(15)10-13/h6-12,16H,1-5H2,(H2,21,22,23,24)/b17-11-. The number of rotatable bonds is 2. The Kier molecular flexibility index (Phi) is 3.99. The van der Waals surface area contributed by atoms with Crippen molar-refractivity contribution in [2.24, 2.45) is 4.99 Å². The molecule has 1 saturated carbocycles. The Bertz CT molecular complexity index is 834. The van der Waals surface area contributed by atoms with Crippen LogP contribution in [-0.4, -0.2) is 22.9 Å². The number of amides is 1. The molecule has 5 nitrogen and oxygen atoms in total. The van der Waals surface area contributed by atoms with Crippen molar-refractivity contribution in [3.05, 3.63) is 47.9 Å². The highest BCUT2D eigenvalue weighted by atomic mass is 16.2. The highest BCUT2D eigenvalue weighted by molar-refractivity contribution is 6.13. The lowest BCUT2D eigenvalue weighted by Crippen LogP contribution is -2.43. The second kappa shape index (κ2) is 6.43. The maximum absolute atomic E-state index is 12.2. The molecule has 0 unspecified atom stereocenters. The van der Waals surface area contributed by atoms with E-state index in [-0.39, 0.29) is 5.91 Å². The molecule has 1 aliphatic carbocycles. The first kappa shape index (κ1) is 14.9. The van der Waals surface area contributed by atoms with Crippen molar-refractivity contribution in [1.29, 1.82) is 0 Å². The minimum Gasteiger partial charge on any atom is -0.353 e. The van der Waals surface area contributed by atoms with E-state index < -0.39 is 0 Å². The Morgan fingerprint density at radius 2 is 2.00 bits per heavy atom. The highest BCUT2D eigenvalue weighted by Crippen LogP contribution is 2.20. The van der Waals surface area contributed by atoms with Crippen molar-refractivity contribution in [3.8, 4) is 0 Å². The zero-order valence-corrected chi connectivity index (χ0v) is 13.5. The average molecular weight is 320 g/mol. The summed E-state index contributed by atoms with van der Waals surface area (Å²) in [6, 6.07) is 8.41. The smallest absolute Gasteiger partial charge is 0.276 e. The van der Waals surface area contributed by atoms with Crippen LogP contribution in [0.2, 0.25) is 0 Å². The summed E-state index contributed by atoms with van der Waals surface area (Å²) in [5, 5.41) is 8.37. The van der Waals surface area contributed by atoms with E-state index in [4.69, 9.17) is 0 Å². The van der Waals surface area contributed by atoms with E-state index in [0.29, 0.717) is 17.7 Å². The molecule has 122 valence electrons. The molecule has 2 N–H and O–H groups in total. The normalized spacial score (nSPS) is 20.2. The third-order valence-corrected chi connectivity index (χ3v) is 4.61. The van der Waals surface area contributed by atoms with Crippen LogP contribution in [0, 0.1) is 0 Å². The monoisotopic (exact) mass is 320 g/mol. The summed E-state index contributed by atoms with van der Waals surface area (Å²) in [6.45, 7) is 0. The van der Waals surface area contributed by atoms with Gasteiger partial charge in [0.1, 0.15) is 5.70 Å². The van der Waals surface area contributed by atoms with Gasteiger partial charge in [0.05, 0.1) is 0 Å². The fraction of sp³-hybridized carbons (Fsp3) is 0.316. The summed E-state index contributed by atoms with van der Waals surface area (Å²) in [5.74, 6) is 0.436. The maximum atomic E-state index is 12.2. The Morgan fingerprint density at radius 1 is 1.12 bits per heavy atom. The van der Waals surface area contributed by atoms with Gasteiger partial charge >= 0.3 is 0 Å². The van der Waals surface area contributed by atoms with Gasteiger partial charge < -0.3 is 5.32 Å². The molecule has 1 fully saturated rings. The van der Waals surface area contributed by atoms with Gasteiger partial charge in [0, 0.05) is 23.8 Å². The number of carbonyl (C=O) groups is 1. The number of nitrogens with zero attached hydrogens (tertiary/aromatic N) is 2. The van der Waals surface area contributed by atoms with Gasteiger partial charge in [-0.05, 0) is 42.0 Å². The zero-order chi connectivity index (χ0) is 16.4. The van der Waals surface area contributed by atoms with Crippen molar-refractivity contribution < 1.29 is 4.79 Å². The van der Waals surface area contributed by atoms with E-state index in [0.717, 1.165) is 29.2 Å². The second-order valence-corrected chi connectivity index (χ2v) is 6.41. The lowest BCUT2D eigenvalue weighted by Gasteiger charge is -2.23. The van der Waals surface area contributed by atoms with Gasteiger partial charge in [0.15, 0.2) is 0 Å². The molecule has 2 heterocycles. The Hall–Kier alpha value is -2.69. The molecular weight excluding hydrogens is 300 g/mol. The molecule has 0 spiro atoms. The Labute approximate surface area is 140 Å². The molecule has 4 rings (SSSR count). The van der Waals surface area contributed by atoms with Crippen LogP contribution < -0.4 is 10.6 Å². The molecule has 1 aromatic carbocycles. The molecule has 2 aromatic rings. The van der Waals surface area contributed by atoms with Crippen LogP contribution in [0.4, 0.5) is 0 Å². The molecule has 5 heteroatoms. The largest absolute Gasteiger partial charge is 0.353 e. The van der Waals surface area contributed by atoms with Crippen molar-refractivity contribution in [3.63, 3.8) is 0 Å². The van der Waals surface area contributed by atoms with Gasteiger partial charge in [-0.15, -0.1) is 0 Å². The van der Waals surface area contributed by atoms with Crippen LogP contribution >= 0.6 is 0 Å². The zero-order valence-electron chi connectivity index (χ0n) is 13.5. The predicted octanol–water partition coefficient (Wildman–Crippen LogP) is 2.98. The molecule has 24 heavy (non-hydrogen) atoms. The minimum absolute atomic E-state index is 0.150. The third kappa shape index (κ3) is 3.15. The van der Waals surface area contributed by atoms with E-state index >= 15 is 0 Å². The second-order valence-electron chi connectivity index (χ2n) is 6.41. The number of hydrogen-bond acceptors (Lipinski definition) is 4. The summed E-state index contributed by atoms with van der Waals surface area (Å²) < 4.78 is 0. The molecule has 2 aliphatic rings. The van der Waals surface area contributed by atoms with Gasteiger partial charge in [-0.25, -0.2) is 4.99 Å². The number of hydrogen-bond donors (Lipinski definition) is 2. The van der Waals surface area contributed by atoms with E-state index in [1.165, 1.54) is 19.3 Å². The van der Waals surface area contributed by atoms with Crippen LogP contribution in [-0.2, 0) is 4.79 Å². The van der Waals surface area contributed by atoms with Gasteiger partial charge in [-0.3, -0.25) is 15.1 Å². The summed E-state index contributed by atoms with van der Waals surface area (Å²) in [7, 11) is 0.